The largest absolute Gasteiger partial charge is 0.456 e. The number of aromatic nitrogens is 1. The van der Waals surface area contributed by atoms with Gasteiger partial charge in [0.25, 0.3) is 0 Å². The van der Waals surface area contributed by atoms with Gasteiger partial charge < -0.3 is 9.30 Å². The molecule has 2 aromatic heterocycles. The summed E-state index contributed by atoms with van der Waals surface area (Å²) in [6.07, 6.45) is 4.14. The summed E-state index contributed by atoms with van der Waals surface area (Å²) in [5.74, 6) is -2.18. The van der Waals surface area contributed by atoms with Gasteiger partial charge in [-0.2, -0.15) is 0 Å². The van der Waals surface area contributed by atoms with E-state index in [0.717, 1.165) is 42.1 Å². The Balaban J connectivity index is 1.32. The molecule has 1 saturated heterocycles. The number of Topliss-reactive ketones (excluding diaryl/α,β-unsaturated/α-hetero) is 1. The molecule has 2 fully saturated rings. The number of amides is 2. The number of rotatable bonds is 8. The molecule has 1 saturated carbocycles. The molecule has 2 aromatic rings. The van der Waals surface area contributed by atoms with Crippen molar-refractivity contribution >= 4 is 34.9 Å². The first-order valence-electron chi connectivity index (χ1n) is 11.1. The molecule has 0 N–H and O–H groups in total. The Labute approximate surface area is 191 Å². The summed E-state index contributed by atoms with van der Waals surface area (Å²) < 4.78 is 7.25. The maximum Gasteiger partial charge on any atom is 0.326 e. The van der Waals surface area contributed by atoms with Gasteiger partial charge in [0.05, 0.1) is 11.8 Å². The van der Waals surface area contributed by atoms with E-state index >= 15 is 0 Å². The topological polar surface area (TPSA) is 85.7 Å². The van der Waals surface area contributed by atoms with Gasteiger partial charge in [-0.1, -0.05) is 18.9 Å². The van der Waals surface area contributed by atoms with Crippen LogP contribution in [-0.2, 0) is 32.1 Å². The number of hydrogen-bond donors (Lipinski definition) is 0. The molecule has 0 radical (unpaired) electrons. The van der Waals surface area contributed by atoms with Gasteiger partial charge in [0.15, 0.2) is 6.61 Å². The van der Waals surface area contributed by atoms with Gasteiger partial charge in [0.2, 0.25) is 17.6 Å². The molecule has 2 atom stereocenters. The molecule has 170 valence electrons. The smallest absolute Gasteiger partial charge is 0.326 e. The number of likely N-dealkylation sites (tertiary alicyclic amines) is 1. The minimum atomic E-state index is -0.731. The predicted molar refractivity (Wildman–Crippen MR) is 119 cm³/mol. The van der Waals surface area contributed by atoms with Crippen LogP contribution in [0.5, 0.6) is 0 Å². The van der Waals surface area contributed by atoms with Gasteiger partial charge in [0.1, 0.15) is 6.54 Å². The van der Waals surface area contributed by atoms with Gasteiger partial charge in [-0.25, -0.2) is 0 Å². The second-order valence-electron chi connectivity index (χ2n) is 8.61. The molecule has 1 aliphatic heterocycles. The van der Waals surface area contributed by atoms with Crippen molar-refractivity contribution in [2.24, 2.45) is 11.8 Å². The number of thiophene rings is 1. The average Bonchev–Trinajstić information content (AvgIpc) is 3.46. The first-order valence-corrected chi connectivity index (χ1v) is 12.0. The number of carbonyl (C=O) groups excluding carboxylic acids is 4. The molecular weight excluding hydrogens is 428 g/mol. The Morgan fingerprint density at radius 3 is 2.44 bits per heavy atom. The normalized spacial score (nSPS) is 20.5. The SMILES string of the molecule is Cc1cc(C(=O)COC(=O)CN2C(=O)C3CCCCC3C2=O)c(C)n1CCc1cccs1. The van der Waals surface area contributed by atoms with E-state index in [4.69, 9.17) is 4.74 Å². The molecule has 7 nitrogen and oxygen atoms in total. The summed E-state index contributed by atoms with van der Waals surface area (Å²) in [5, 5.41) is 2.05. The zero-order valence-electron chi connectivity index (χ0n) is 18.5. The Kier molecular flexibility index (Phi) is 6.60. The van der Waals surface area contributed by atoms with Crippen LogP contribution in [0.3, 0.4) is 0 Å². The van der Waals surface area contributed by atoms with Gasteiger partial charge in [-0.05, 0) is 50.6 Å². The zero-order chi connectivity index (χ0) is 22.8. The lowest BCUT2D eigenvalue weighted by Crippen LogP contribution is -2.37. The number of nitrogens with zero attached hydrogens (tertiary/aromatic N) is 2. The van der Waals surface area contributed by atoms with Gasteiger partial charge in [-0.3, -0.25) is 24.1 Å². The maximum absolute atomic E-state index is 12.7. The number of ketones is 1. The first-order chi connectivity index (χ1) is 15.4. The lowest BCUT2D eigenvalue weighted by atomic mass is 9.81. The summed E-state index contributed by atoms with van der Waals surface area (Å²) in [5.41, 5.74) is 2.35. The van der Waals surface area contributed by atoms with Crippen molar-refractivity contribution in [2.75, 3.05) is 13.2 Å². The number of aryl methyl sites for hydroxylation is 2. The van der Waals surface area contributed by atoms with E-state index in [1.54, 1.807) is 11.3 Å². The van der Waals surface area contributed by atoms with Crippen LogP contribution in [0.15, 0.2) is 23.6 Å². The predicted octanol–water partition coefficient (Wildman–Crippen LogP) is 3.31. The summed E-state index contributed by atoms with van der Waals surface area (Å²) in [6.45, 7) is 3.79. The third-order valence-electron chi connectivity index (χ3n) is 6.62. The fraction of sp³-hybridized carbons (Fsp3) is 0.500. The van der Waals surface area contributed by atoms with Crippen LogP contribution in [0.1, 0.15) is 52.3 Å². The lowest BCUT2D eigenvalue weighted by molar-refractivity contribution is -0.152. The molecule has 1 aliphatic carbocycles. The number of esters is 1. The third-order valence-corrected chi connectivity index (χ3v) is 7.56. The van der Waals surface area contributed by atoms with Crippen LogP contribution >= 0.6 is 11.3 Å². The standard InChI is InChI=1S/C24H28N2O5S/c1-15-12-20(16(2)25(15)10-9-17-6-5-11-32-17)21(27)14-31-22(28)13-26-23(29)18-7-3-4-8-19(18)24(26)30/h5-6,11-12,18-19H,3-4,7-10,13-14H2,1-2H3. The van der Waals surface area contributed by atoms with Crippen LogP contribution in [0.2, 0.25) is 0 Å². The lowest BCUT2D eigenvalue weighted by Gasteiger charge is -2.19. The zero-order valence-corrected chi connectivity index (χ0v) is 19.3. The minimum Gasteiger partial charge on any atom is -0.456 e. The molecule has 2 unspecified atom stereocenters. The van der Waals surface area contributed by atoms with Crippen LogP contribution in [0.4, 0.5) is 0 Å². The van der Waals surface area contributed by atoms with Crippen molar-refractivity contribution in [3.63, 3.8) is 0 Å². The number of ether oxygens (including phenoxy) is 1. The fourth-order valence-electron chi connectivity index (χ4n) is 4.89. The minimum absolute atomic E-state index is 0.280. The van der Waals surface area contributed by atoms with E-state index in [9.17, 15) is 19.2 Å². The summed E-state index contributed by atoms with van der Waals surface area (Å²) >= 11 is 1.71. The highest BCUT2D eigenvalue weighted by molar-refractivity contribution is 7.09. The van der Waals surface area contributed by atoms with E-state index in [1.807, 2.05) is 31.4 Å². The highest BCUT2D eigenvalue weighted by Crippen LogP contribution is 2.37. The van der Waals surface area contributed by atoms with E-state index in [2.05, 4.69) is 10.6 Å². The Bertz CT molecular complexity index is 1020. The number of carbonyl (C=O) groups is 4. The summed E-state index contributed by atoms with van der Waals surface area (Å²) in [7, 11) is 0. The highest BCUT2D eigenvalue weighted by atomic mass is 32.1. The van der Waals surface area contributed by atoms with Crippen molar-refractivity contribution in [3.8, 4) is 0 Å². The summed E-state index contributed by atoms with van der Waals surface area (Å²) in [6, 6.07) is 5.93. The number of hydrogen-bond acceptors (Lipinski definition) is 6. The molecule has 8 heteroatoms. The summed E-state index contributed by atoms with van der Waals surface area (Å²) in [4.78, 5) is 52.3. The quantitative estimate of drug-likeness (QED) is 0.346. The van der Waals surface area contributed by atoms with Gasteiger partial charge in [0, 0.05) is 28.4 Å². The van der Waals surface area contributed by atoms with Crippen molar-refractivity contribution in [1.82, 2.24) is 9.47 Å². The molecule has 0 spiro atoms. The van der Waals surface area contributed by atoms with Gasteiger partial charge in [-0.15, -0.1) is 11.3 Å². The van der Waals surface area contributed by atoms with Crippen LogP contribution in [0.25, 0.3) is 0 Å². The number of imide groups is 1. The van der Waals surface area contributed by atoms with Crippen molar-refractivity contribution in [2.45, 2.75) is 52.5 Å². The van der Waals surface area contributed by atoms with Crippen LogP contribution in [0, 0.1) is 25.7 Å². The van der Waals surface area contributed by atoms with Crippen LogP contribution in [-0.4, -0.2) is 46.2 Å². The van der Waals surface area contributed by atoms with E-state index in [-0.39, 0.29) is 29.4 Å². The monoisotopic (exact) mass is 456 g/mol. The Morgan fingerprint density at radius 1 is 1.12 bits per heavy atom. The first kappa shape index (κ1) is 22.5. The van der Waals surface area contributed by atoms with Crippen LogP contribution < -0.4 is 0 Å². The molecule has 3 heterocycles. The highest BCUT2D eigenvalue weighted by Gasteiger charge is 2.48. The molecule has 4 rings (SSSR count). The van der Waals surface area contributed by atoms with Gasteiger partial charge >= 0.3 is 5.97 Å². The van der Waals surface area contributed by atoms with E-state index < -0.39 is 19.1 Å². The Hall–Kier alpha value is -2.74. The molecule has 2 aliphatic rings. The second kappa shape index (κ2) is 9.40. The van der Waals surface area contributed by atoms with Crippen molar-refractivity contribution < 1.29 is 23.9 Å². The van der Waals surface area contributed by atoms with Crippen molar-refractivity contribution in [1.29, 1.82) is 0 Å². The van der Waals surface area contributed by atoms with Crippen molar-refractivity contribution in [3.05, 3.63) is 45.4 Å². The molecular formula is C24H28N2O5S. The van der Waals surface area contributed by atoms with E-state index in [0.29, 0.717) is 18.4 Å². The second-order valence-corrected chi connectivity index (χ2v) is 9.64. The average molecular weight is 457 g/mol. The maximum atomic E-state index is 12.7. The molecule has 32 heavy (non-hydrogen) atoms. The fourth-order valence-corrected chi connectivity index (χ4v) is 5.59. The number of fused-ring (bicyclic) bond motifs is 1. The molecule has 0 bridgehead atoms. The van der Waals surface area contributed by atoms with E-state index in [1.165, 1.54) is 4.88 Å². The Morgan fingerprint density at radius 2 is 1.81 bits per heavy atom. The third kappa shape index (κ3) is 4.41. The molecule has 2 amide bonds. The molecule has 0 aromatic carbocycles.